The molecule has 2 amide bonds. The van der Waals surface area contributed by atoms with Gasteiger partial charge in [-0.3, -0.25) is 9.69 Å². The van der Waals surface area contributed by atoms with Gasteiger partial charge in [0.2, 0.25) is 0 Å². The van der Waals surface area contributed by atoms with Crippen LogP contribution in [0, 0.1) is 5.41 Å². The lowest BCUT2D eigenvalue weighted by atomic mass is 9.86. The summed E-state index contributed by atoms with van der Waals surface area (Å²) in [6.07, 6.45) is -3.88. The smallest absolute Gasteiger partial charge is 0.333 e. The number of carbonyl (C=O) groups excluding carboxylic acids is 2. The van der Waals surface area contributed by atoms with E-state index in [0.29, 0.717) is 18.3 Å². The minimum atomic E-state index is -4.93. The maximum atomic E-state index is 12.7. The average Bonchev–Trinajstić information content (AvgIpc) is 3.26. The van der Waals surface area contributed by atoms with Crippen LogP contribution in [0.4, 0.5) is 23.7 Å². The van der Waals surface area contributed by atoms with E-state index >= 15 is 0 Å². The summed E-state index contributed by atoms with van der Waals surface area (Å²) in [6, 6.07) is 14.8. The molecule has 2 aromatic carbocycles. The molecule has 1 fully saturated rings. The maximum Gasteiger partial charge on any atom is 0.454 e. The van der Waals surface area contributed by atoms with Gasteiger partial charge in [-0.05, 0) is 48.7 Å². The van der Waals surface area contributed by atoms with E-state index in [1.165, 1.54) is 17.7 Å². The second-order valence-electron chi connectivity index (χ2n) is 10.5. The van der Waals surface area contributed by atoms with E-state index in [4.69, 9.17) is 0 Å². The van der Waals surface area contributed by atoms with E-state index in [0.717, 1.165) is 38.2 Å². The minimum Gasteiger partial charge on any atom is -0.333 e. The van der Waals surface area contributed by atoms with Crippen molar-refractivity contribution in [2.45, 2.75) is 52.0 Å². The van der Waals surface area contributed by atoms with Crippen molar-refractivity contribution in [1.29, 1.82) is 0 Å². The molecule has 0 aliphatic carbocycles. The Labute approximate surface area is 210 Å². The summed E-state index contributed by atoms with van der Waals surface area (Å²) in [4.78, 5) is 28.8. The molecule has 9 heteroatoms. The normalized spacial score (nSPS) is 17.7. The molecule has 1 heterocycles. The molecule has 36 heavy (non-hydrogen) atoms. The molecule has 2 N–H and O–H groups in total. The van der Waals surface area contributed by atoms with Crippen LogP contribution in [0.1, 0.15) is 43.1 Å². The zero-order valence-corrected chi connectivity index (χ0v) is 21.2. The zero-order valence-electron chi connectivity index (χ0n) is 21.2. The summed E-state index contributed by atoms with van der Waals surface area (Å²) < 4.78 is 37.8. The van der Waals surface area contributed by atoms with Crippen LogP contribution in [0.25, 0.3) is 0 Å². The van der Waals surface area contributed by atoms with E-state index < -0.39 is 23.6 Å². The fourth-order valence-electron chi connectivity index (χ4n) is 4.32. The number of urea groups is 1. The number of rotatable bonds is 8. The number of hydrogen-bond acceptors (Lipinski definition) is 4. The van der Waals surface area contributed by atoms with Crippen LogP contribution in [-0.2, 0) is 6.54 Å². The molecular weight excluding hydrogens is 469 g/mol. The largest absolute Gasteiger partial charge is 0.454 e. The van der Waals surface area contributed by atoms with E-state index in [2.05, 4.69) is 72.5 Å². The highest BCUT2D eigenvalue weighted by atomic mass is 19.4. The third-order valence-corrected chi connectivity index (χ3v) is 6.60. The Morgan fingerprint density at radius 3 is 2.28 bits per heavy atom. The Balaban J connectivity index is 1.55. The lowest BCUT2D eigenvalue weighted by molar-refractivity contribution is -0.0885. The van der Waals surface area contributed by atoms with E-state index in [9.17, 15) is 22.8 Å². The van der Waals surface area contributed by atoms with Crippen molar-refractivity contribution >= 4 is 17.5 Å². The van der Waals surface area contributed by atoms with Crippen LogP contribution in [-0.4, -0.2) is 66.6 Å². The number of nitrogens with one attached hydrogen (secondary N) is 2. The van der Waals surface area contributed by atoms with Crippen LogP contribution in [0.5, 0.6) is 0 Å². The second kappa shape index (κ2) is 11.4. The molecule has 196 valence electrons. The topological polar surface area (TPSA) is 64.7 Å². The lowest BCUT2D eigenvalue weighted by Gasteiger charge is -2.36. The van der Waals surface area contributed by atoms with Gasteiger partial charge in [-0.2, -0.15) is 13.2 Å². The first-order chi connectivity index (χ1) is 16.8. The molecule has 3 rings (SSSR count). The number of alkyl halides is 3. The molecule has 0 radical (unpaired) electrons. The van der Waals surface area contributed by atoms with E-state index in [-0.39, 0.29) is 11.5 Å². The molecule has 1 aliphatic heterocycles. The number of anilines is 1. The summed E-state index contributed by atoms with van der Waals surface area (Å²) in [5, 5.41) is 5.68. The van der Waals surface area contributed by atoms with Gasteiger partial charge < -0.3 is 15.5 Å². The Morgan fingerprint density at radius 2 is 1.69 bits per heavy atom. The first kappa shape index (κ1) is 27.7. The number of hydrogen-bond donors (Lipinski definition) is 2. The Bertz CT molecular complexity index is 1020. The highest BCUT2D eigenvalue weighted by Crippen LogP contribution is 2.24. The van der Waals surface area contributed by atoms with Crippen molar-refractivity contribution in [2.75, 3.05) is 32.0 Å². The van der Waals surface area contributed by atoms with Gasteiger partial charge in [-0.1, -0.05) is 51.1 Å². The highest BCUT2D eigenvalue weighted by Gasteiger charge is 2.39. The van der Waals surface area contributed by atoms with Crippen molar-refractivity contribution in [3.8, 4) is 0 Å². The van der Waals surface area contributed by atoms with Crippen molar-refractivity contribution in [2.24, 2.45) is 5.41 Å². The predicted molar refractivity (Wildman–Crippen MR) is 135 cm³/mol. The predicted octanol–water partition coefficient (Wildman–Crippen LogP) is 5.17. The monoisotopic (exact) mass is 504 g/mol. The van der Waals surface area contributed by atoms with Gasteiger partial charge in [0.25, 0.3) is 5.78 Å². The number of amides is 2. The molecule has 1 aliphatic rings. The van der Waals surface area contributed by atoms with Crippen LogP contribution in [0.2, 0.25) is 0 Å². The fourth-order valence-corrected chi connectivity index (χ4v) is 4.32. The molecule has 0 saturated carbocycles. The second-order valence-corrected chi connectivity index (χ2v) is 10.5. The van der Waals surface area contributed by atoms with Crippen molar-refractivity contribution in [3.63, 3.8) is 0 Å². The van der Waals surface area contributed by atoms with Gasteiger partial charge in [0.1, 0.15) is 0 Å². The SMILES string of the molecule is CN(C[C@@H](NC(=O)Nc1ccc(C(=O)C(F)(F)F)cc1)C(C)(C)C)[C@H]1CCN(Cc2ccccc2)C1. The molecule has 0 spiro atoms. The number of ketones is 1. The first-order valence-corrected chi connectivity index (χ1v) is 12.1. The van der Waals surface area contributed by atoms with Crippen molar-refractivity contribution in [3.05, 3.63) is 65.7 Å². The molecular formula is C27H35F3N4O2. The van der Waals surface area contributed by atoms with Gasteiger partial charge >= 0.3 is 12.2 Å². The standard InChI is InChI=1S/C27H35F3N4O2/c1-26(2,3)23(18-33(4)22-14-15-34(17-22)16-19-8-6-5-7-9-19)32-25(36)31-21-12-10-20(11-13-21)24(35)27(28,29)30/h5-13,22-23H,14-18H2,1-4H3,(H2,31,32,36)/t22-,23+/m0/s1. The zero-order chi connectivity index (χ0) is 26.5. The number of nitrogens with zero attached hydrogens (tertiary/aromatic N) is 2. The average molecular weight is 505 g/mol. The summed E-state index contributed by atoms with van der Waals surface area (Å²) >= 11 is 0. The number of likely N-dealkylation sites (N-methyl/N-ethyl adjacent to an activating group) is 1. The molecule has 2 atom stereocenters. The number of benzene rings is 2. The summed E-state index contributed by atoms with van der Waals surface area (Å²) in [6.45, 7) is 9.71. The fraction of sp³-hybridized carbons (Fsp3) is 0.481. The van der Waals surface area contributed by atoms with Crippen LogP contribution in [0.3, 0.4) is 0 Å². The van der Waals surface area contributed by atoms with E-state index in [1.807, 2.05) is 6.07 Å². The van der Waals surface area contributed by atoms with Gasteiger partial charge in [-0.15, -0.1) is 0 Å². The van der Waals surface area contributed by atoms with E-state index in [1.54, 1.807) is 0 Å². The highest BCUT2D eigenvalue weighted by molar-refractivity contribution is 6.00. The third-order valence-electron chi connectivity index (χ3n) is 6.60. The molecule has 0 aromatic heterocycles. The number of Topliss-reactive ketones (excluding diaryl/α,β-unsaturated/α-hetero) is 1. The number of halogens is 3. The molecule has 0 unspecified atom stereocenters. The Kier molecular flexibility index (Phi) is 8.79. The van der Waals surface area contributed by atoms with Gasteiger partial charge in [0.15, 0.2) is 0 Å². The maximum absolute atomic E-state index is 12.7. The quantitative estimate of drug-likeness (QED) is 0.487. The van der Waals surface area contributed by atoms with Crippen LogP contribution in [0.15, 0.2) is 54.6 Å². The first-order valence-electron chi connectivity index (χ1n) is 12.1. The number of likely N-dealkylation sites (tertiary alicyclic amines) is 1. The van der Waals surface area contributed by atoms with Gasteiger partial charge in [0, 0.05) is 49.5 Å². The van der Waals surface area contributed by atoms with Crippen molar-refractivity contribution in [1.82, 2.24) is 15.1 Å². The minimum absolute atomic E-state index is 0.170. The molecule has 6 nitrogen and oxygen atoms in total. The van der Waals surface area contributed by atoms with Gasteiger partial charge in [-0.25, -0.2) is 4.79 Å². The Hall–Kier alpha value is -2.91. The molecule has 0 bridgehead atoms. The molecule has 1 saturated heterocycles. The van der Waals surface area contributed by atoms with Gasteiger partial charge in [0.05, 0.1) is 0 Å². The lowest BCUT2D eigenvalue weighted by Crippen LogP contribution is -2.53. The summed E-state index contributed by atoms with van der Waals surface area (Å²) in [7, 11) is 2.07. The third kappa shape index (κ3) is 7.80. The van der Waals surface area contributed by atoms with Crippen molar-refractivity contribution < 1.29 is 22.8 Å². The van der Waals surface area contributed by atoms with Crippen LogP contribution < -0.4 is 10.6 Å². The van der Waals surface area contributed by atoms with Crippen LogP contribution >= 0.6 is 0 Å². The molecule has 2 aromatic rings. The Morgan fingerprint density at radius 1 is 1.06 bits per heavy atom. The summed E-state index contributed by atoms with van der Waals surface area (Å²) in [5.74, 6) is -1.91. The summed E-state index contributed by atoms with van der Waals surface area (Å²) in [5.41, 5.74) is 0.902. The number of carbonyl (C=O) groups is 2.